The lowest BCUT2D eigenvalue weighted by Crippen LogP contribution is -2.31. The largest absolute Gasteiger partial charge is 0.454 e. The van der Waals surface area contributed by atoms with E-state index in [0.29, 0.717) is 23.6 Å². The highest BCUT2D eigenvalue weighted by Gasteiger charge is 2.50. The third-order valence-corrected chi connectivity index (χ3v) is 7.65. The van der Waals surface area contributed by atoms with E-state index in [1.165, 1.54) is 40.8 Å². The highest BCUT2D eigenvalue weighted by molar-refractivity contribution is 6.36. The zero-order valence-electron chi connectivity index (χ0n) is 19.7. The Labute approximate surface area is 224 Å². The number of Topliss-reactive ketones (excluding diaryl/α,β-unsaturated/α-hetero) is 1. The van der Waals surface area contributed by atoms with Crippen LogP contribution in [-0.2, 0) is 14.3 Å². The predicted molar refractivity (Wildman–Crippen MR) is 140 cm³/mol. The number of hydrogen-bond donors (Lipinski definition) is 0. The highest BCUT2D eigenvalue weighted by Crippen LogP contribution is 2.45. The van der Waals surface area contributed by atoms with E-state index in [1.807, 2.05) is 18.2 Å². The number of nitrogens with zero attached hydrogens (tertiary/aromatic N) is 1. The number of ether oxygens (including phenoxy) is 1. The molecule has 1 heterocycles. The van der Waals surface area contributed by atoms with Crippen molar-refractivity contribution >= 4 is 52.5 Å². The molecule has 2 fully saturated rings. The maximum Gasteiger partial charge on any atom is 0.338 e. The molecule has 37 heavy (non-hydrogen) atoms. The van der Waals surface area contributed by atoms with Crippen molar-refractivity contribution in [2.24, 2.45) is 11.8 Å². The lowest BCUT2D eigenvalue weighted by atomic mass is 9.73. The summed E-state index contributed by atoms with van der Waals surface area (Å²) >= 11 is 11.9. The van der Waals surface area contributed by atoms with Gasteiger partial charge in [0.1, 0.15) is 0 Å². The number of halogens is 2. The zero-order valence-corrected chi connectivity index (χ0v) is 21.2. The normalized spacial score (nSPS) is 21.0. The van der Waals surface area contributed by atoms with Crippen molar-refractivity contribution < 1.29 is 23.9 Å². The van der Waals surface area contributed by atoms with E-state index < -0.39 is 18.4 Å². The molecule has 1 aliphatic carbocycles. The van der Waals surface area contributed by atoms with Crippen molar-refractivity contribution in [3.05, 3.63) is 99.5 Å². The van der Waals surface area contributed by atoms with Crippen LogP contribution in [-0.4, -0.2) is 30.2 Å². The molecule has 0 aromatic heterocycles. The van der Waals surface area contributed by atoms with Gasteiger partial charge in [0.25, 0.3) is 0 Å². The molecular formula is C29H23Cl2NO5. The minimum Gasteiger partial charge on any atom is -0.454 e. The molecule has 3 aromatic rings. The Bertz CT molecular complexity index is 1390. The molecule has 1 saturated heterocycles. The van der Waals surface area contributed by atoms with E-state index in [-0.39, 0.29) is 45.7 Å². The molecular weight excluding hydrogens is 513 g/mol. The van der Waals surface area contributed by atoms with Crippen molar-refractivity contribution in [2.45, 2.75) is 25.2 Å². The summed E-state index contributed by atoms with van der Waals surface area (Å²) in [5.74, 6) is -2.22. The molecule has 188 valence electrons. The average molecular weight is 536 g/mol. The van der Waals surface area contributed by atoms with Gasteiger partial charge >= 0.3 is 5.97 Å². The third-order valence-electron chi connectivity index (χ3n) is 7.10. The molecule has 0 radical (unpaired) electrons. The van der Waals surface area contributed by atoms with Gasteiger partial charge in [-0.05, 0) is 67.1 Å². The van der Waals surface area contributed by atoms with Crippen molar-refractivity contribution in [1.82, 2.24) is 0 Å². The van der Waals surface area contributed by atoms with Crippen LogP contribution in [0.5, 0.6) is 0 Å². The Morgan fingerprint density at radius 1 is 0.865 bits per heavy atom. The van der Waals surface area contributed by atoms with Gasteiger partial charge in [-0.3, -0.25) is 19.3 Å². The van der Waals surface area contributed by atoms with Crippen LogP contribution in [0.4, 0.5) is 5.69 Å². The van der Waals surface area contributed by atoms with Crippen LogP contribution in [0.1, 0.15) is 51.5 Å². The van der Waals surface area contributed by atoms with Gasteiger partial charge in [-0.1, -0.05) is 59.6 Å². The van der Waals surface area contributed by atoms with Crippen LogP contribution >= 0.6 is 23.2 Å². The summed E-state index contributed by atoms with van der Waals surface area (Å²) in [6.45, 7) is -0.517. The summed E-state index contributed by atoms with van der Waals surface area (Å²) in [4.78, 5) is 52.9. The first-order valence-electron chi connectivity index (χ1n) is 12.0. The lowest BCUT2D eigenvalue weighted by molar-refractivity contribution is -0.122. The van der Waals surface area contributed by atoms with Gasteiger partial charge in [0.2, 0.25) is 17.6 Å². The van der Waals surface area contributed by atoms with Crippen molar-refractivity contribution in [3.63, 3.8) is 0 Å². The molecule has 1 saturated carbocycles. The molecule has 5 rings (SSSR count). The number of benzene rings is 3. The Morgan fingerprint density at radius 2 is 1.62 bits per heavy atom. The predicted octanol–water partition coefficient (Wildman–Crippen LogP) is 6.11. The number of rotatable bonds is 6. The van der Waals surface area contributed by atoms with E-state index in [4.69, 9.17) is 27.9 Å². The van der Waals surface area contributed by atoms with Crippen LogP contribution in [0.2, 0.25) is 10.0 Å². The van der Waals surface area contributed by atoms with E-state index >= 15 is 0 Å². The van der Waals surface area contributed by atoms with Crippen LogP contribution in [0.15, 0.2) is 72.8 Å². The SMILES string of the molecule is O=C(OCC(=O)c1ccc(Cl)cc1Cl)c1cccc(N2C(=O)[C@@H]3CC[C@H](c4ccccc4)C[C@H]3C2=O)c1. The Hall–Kier alpha value is -3.48. The molecule has 2 aliphatic rings. The van der Waals surface area contributed by atoms with E-state index in [0.717, 1.165) is 6.42 Å². The molecule has 0 spiro atoms. The molecule has 0 N–H and O–H groups in total. The van der Waals surface area contributed by atoms with E-state index in [2.05, 4.69) is 12.1 Å². The van der Waals surface area contributed by atoms with Gasteiger partial charge in [-0.2, -0.15) is 0 Å². The van der Waals surface area contributed by atoms with Crippen LogP contribution in [0.25, 0.3) is 0 Å². The van der Waals surface area contributed by atoms with Gasteiger partial charge in [0, 0.05) is 10.6 Å². The van der Waals surface area contributed by atoms with Crippen molar-refractivity contribution in [3.8, 4) is 0 Å². The number of carbonyl (C=O) groups excluding carboxylic acids is 4. The molecule has 8 heteroatoms. The molecule has 0 bridgehead atoms. The summed E-state index contributed by atoms with van der Waals surface area (Å²) in [5, 5.41) is 0.550. The topological polar surface area (TPSA) is 80.8 Å². The molecule has 3 aromatic carbocycles. The second kappa shape index (κ2) is 10.5. The Balaban J connectivity index is 1.28. The fourth-order valence-electron chi connectivity index (χ4n) is 5.24. The van der Waals surface area contributed by atoms with Crippen LogP contribution < -0.4 is 4.90 Å². The second-order valence-corrected chi connectivity index (χ2v) is 10.2. The number of esters is 1. The van der Waals surface area contributed by atoms with Crippen LogP contribution in [0.3, 0.4) is 0 Å². The highest BCUT2D eigenvalue weighted by atomic mass is 35.5. The second-order valence-electron chi connectivity index (χ2n) is 9.32. The molecule has 1 aliphatic heterocycles. The summed E-state index contributed by atoms with van der Waals surface area (Å²) < 4.78 is 5.19. The van der Waals surface area contributed by atoms with Gasteiger partial charge in [-0.15, -0.1) is 0 Å². The number of hydrogen-bond acceptors (Lipinski definition) is 5. The quantitative estimate of drug-likeness (QED) is 0.216. The summed E-state index contributed by atoms with van der Waals surface area (Å²) in [6, 6.07) is 20.6. The maximum absolute atomic E-state index is 13.4. The number of carbonyl (C=O) groups is 4. The Morgan fingerprint density at radius 3 is 2.38 bits per heavy atom. The first kappa shape index (κ1) is 25.2. The molecule has 3 atom stereocenters. The number of imide groups is 1. The summed E-state index contributed by atoms with van der Waals surface area (Å²) in [6.07, 6.45) is 2.10. The first-order valence-corrected chi connectivity index (χ1v) is 12.8. The van der Waals surface area contributed by atoms with Gasteiger partial charge in [0.05, 0.1) is 28.1 Å². The van der Waals surface area contributed by atoms with Gasteiger partial charge in [-0.25, -0.2) is 4.79 Å². The number of ketones is 1. The van der Waals surface area contributed by atoms with E-state index in [9.17, 15) is 19.2 Å². The fraction of sp³-hybridized carbons (Fsp3) is 0.241. The minimum absolute atomic E-state index is 0.130. The molecule has 6 nitrogen and oxygen atoms in total. The van der Waals surface area contributed by atoms with Crippen molar-refractivity contribution in [1.29, 1.82) is 0 Å². The zero-order chi connectivity index (χ0) is 26.1. The smallest absolute Gasteiger partial charge is 0.338 e. The molecule has 2 amide bonds. The first-order chi connectivity index (χ1) is 17.8. The van der Waals surface area contributed by atoms with Crippen molar-refractivity contribution in [2.75, 3.05) is 11.5 Å². The van der Waals surface area contributed by atoms with E-state index in [1.54, 1.807) is 12.1 Å². The van der Waals surface area contributed by atoms with Crippen LogP contribution in [0, 0.1) is 11.8 Å². The Kier molecular flexibility index (Phi) is 7.13. The summed E-state index contributed by atoms with van der Waals surface area (Å²) in [7, 11) is 0. The number of anilines is 1. The fourth-order valence-corrected chi connectivity index (χ4v) is 5.76. The average Bonchev–Trinajstić information content (AvgIpc) is 3.16. The summed E-state index contributed by atoms with van der Waals surface area (Å²) in [5.41, 5.74) is 1.82. The minimum atomic E-state index is -0.749. The number of amides is 2. The standard InChI is InChI=1S/C29H23Cl2NO5/c30-20-10-12-23(25(31)15-20)26(33)16-37-29(36)19-7-4-8-21(13-19)32-27(34)22-11-9-18(14-24(22)28(32)35)17-5-2-1-3-6-17/h1-8,10,12-13,15,18,22,24H,9,11,14,16H2/t18-,22+,24+/m0/s1. The van der Waals surface area contributed by atoms with Gasteiger partial charge in [0.15, 0.2) is 6.61 Å². The lowest BCUT2D eigenvalue weighted by Gasteiger charge is -2.28. The monoisotopic (exact) mass is 535 g/mol. The number of fused-ring (bicyclic) bond motifs is 1. The van der Waals surface area contributed by atoms with Gasteiger partial charge < -0.3 is 4.74 Å². The molecule has 0 unspecified atom stereocenters. The third kappa shape index (κ3) is 5.04. The maximum atomic E-state index is 13.4.